The Kier molecular flexibility index (Phi) is 3.84. The fourth-order valence-corrected chi connectivity index (χ4v) is 2.79. The highest BCUT2D eigenvalue weighted by Crippen LogP contribution is 2.30. The number of aromatic nitrogens is 2. The molecule has 1 atom stereocenters. The number of aryl methyl sites for hydroxylation is 1. The van der Waals surface area contributed by atoms with E-state index in [1.165, 1.54) is 13.2 Å². The van der Waals surface area contributed by atoms with Gasteiger partial charge in [0.2, 0.25) is 0 Å². The van der Waals surface area contributed by atoms with Gasteiger partial charge in [-0.2, -0.15) is 0 Å². The lowest BCUT2D eigenvalue weighted by Crippen LogP contribution is -2.22. The third-order valence-electron chi connectivity index (χ3n) is 3.94. The number of halogens is 1. The molecule has 5 heteroatoms. The Morgan fingerprint density at radius 1 is 1.38 bits per heavy atom. The third-order valence-corrected chi connectivity index (χ3v) is 3.94. The fourth-order valence-electron chi connectivity index (χ4n) is 2.79. The van der Waals surface area contributed by atoms with Gasteiger partial charge in [0.05, 0.1) is 7.11 Å². The van der Waals surface area contributed by atoms with Crippen molar-refractivity contribution in [3.05, 3.63) is 41.5 Å². The smallest absolute Gasteiger partial charge is 0.165 e. The summed E-state index contributed by atoms with van der Waals surface area (Å²) >= 11 is 0. The van der Waals surface area contributed by atoms with E-state index < -0.39 is 5.82 Å². The first kappa shape index (κ1) is 13.9. The molecule has 21 heavy (non-hydrogen) atoms. The predicted molar refractivity (Wildman–Crippen MR) is 78.7 cm³/mol. The van der Waals surface area contributed by atoms with Crippen LogP contribution < -0.4 is 10.1 Å². The Morgan fingerprint density at radius 3 is 2.95 bits per heavy atom. The fraction of sp³-hybridized carbons (Fsp3) is 0.375. The van der Waals surface area contributed by atoms with Crippen LogP contribution in [0.1, 0.15) is 30.1 Å². The van der Waals surface area contributed by atoms with Crippen molar-refractivity contribution < 1.29 is 9.13 Å². The number of hydrogen-bond donors (Lipinski definition) is 1. The van der Waals surface area contributed by atoms with Crippen LogP contribution in [0.2, 0.25) is 0 Å². The van der Waals surface area contributed by atoms with Crippen molar-refractivity contribution in [2.75, 3.05) is 14.2 Å². The van der Waals surface area contributed by atoms with E-state index in [9.17, 15) is 4.39 Å². The second-order valence-electron chi connectivity index (χ2n) is 5.18. The van der Waals surface area contributed by atoms with Crippen molar-refractivity contribution in [2.45, 2.75) is 25.3 Å². The van der Waals surface area contributed by atoms with E-state index in [0.717, 1.165) is 30.5 Å². The number of nitrogens with one attached hydrogen (secondary N) is 1. The van der Waals surface area contributed by atoms with Gasteiger partial charge in [-0.15, -0.1) is 0 Å². The summed E-state index contributed by atoms with van der Waals surface area (Å²) in [6, 6.07) is 5.11. The van der Waals surface area contributed by atoms with Crippen molar-refractivity contribution in [3.8, 4) is 17.1 Å². The summed E-state index contributed by atoms with van der Waals surface area (Å²) in [6.07, 6.45) is 5.01. The minimum atomic E-state index is -0.399. The van der Waals surface area contributed by atoms with Gasteiger partial charge in [-0.05, 0) is 44.5 Å². The number of methoxy groups -OCH3 is 1. The van der Waals surface area contributed by atoms with E-state index in [4.69, 9.17) is 4.74 Å². The molecule has 4 nitrogen and oxygen atoms in total. The van der Waals surface area contributed by atoms with Gasteiger partial charge in [-0.1, -0.05) is 0 Å². The Hall–Kier alpha value is -2.01. The highest BCUT2D eigenvalue weighted by Gasteiger charge is 2.21. The van der Waals surface area contributed by atoms with Crippen molar-refractivity contribution in [1.29, 1.82) is 0 Å². The molecule has 3 rings (SSSR count). The highest BCUT2D eigenvalue weighted by atomic mass is 19.1. The zero-order valence-corrected chi connectivity index (χ0v) is 12.2. The standard InChI is InChI=1S/C16H18FN3O/c1-18-13-4-3-5-14-11(13)9-19-16(20-14)10-6-7-15(21-2)12(17)8-10/h6-9,13,18H,3-5H2,1-2H3. The number of rotatable bonds is 3. The van der Waals surface area contributed by atoms with Gasteiger partial charge >= 0.3 is 0 Å². The van der Waals surface area contributed by atoms with Gasteiger partial charge in [0.1, 0.15) is 0 Å². The van der Waals surface area contributed by atoms with Crippen molar-refractivity contribution in [1.82, 2.24) is 15.3 Å². The second-order valence-corrected chi connectivity index (χ2v) is 5.18. The number of ether oxygens (including phenoxy) is 1. The van der Waals surface area contributed by atoms with Crippen LogP contribution in [0.4, 0.5) is 4.39 Å². The highest BCUT2D eigenvalue weighted by molar-refractivity contribution is 5.57. The Bertz CT molecular complexity index is 660. The summed E-state index contributed by atoms with van der Waals surface area (Å²) in [5.41, 5.74) is 2.88. The molecule has 1 heterocycles. The van der Waals surface area contributed by atoms with Crippen LogP contribution >= 0.6 is 0 Å². The molecule has 0 radical (unpaired) electrons. The number of fused-ring (bicyclic) bond motifs is 1. The molecule has 1 aromatic heterocycles. The van der Waals surface area contributed by atoms with Crippen LogP contribution in [0.25, 0.3) is 11.4 Å². The summed E-state index contributed by atoms with van der Waals surface area (Å²) in [6.45, 7) is 0. The second kappa shape index (κ2) is 5.77. The van der Waals surface area contributed by atoms with E-state index in [1.807, 2.05) is 13.2 Å². The van der Waals surface area contributed by atoms with Crippen LogP contribution in [0.5, 0.6) is 5.75 Å². The molecule has 0 saturated carbocycles. The maximum Gasteiger partial charge on any atom is 0.165 e. The maximum atomic E-state index is 13.8. The minimum Gasteiger partial charge on any atom is -0.494 e. The number of benzene rings is 1. The summed E-state index contributed by atoms with van der Waals surface area (Å²) in [5.74, 6) is 0.392. The molecular formula is C16H18FN3O. The third kappa shape index (κ3) is 2.61. The number of hydrogen-bond acceptors (Lipinski definition) is 4. The van der Waals surface area contributed by atoms with E-state index >= 15 is 0 Å². The van der Waals surface area contributed by atoms with Crippen molar-refractivity contribution in [2.24, 2.45) is 0 Å². The molecule has 1 aliphatic carbocycles. The van der Waals surface area contributed by atoms with Crippen molar-refractivity contribution in [3.63, 3.8) is 0 Å². The van der Waals surface area contributed by atoms with Crippen LogP contribution in [-0.2, 0) is 6.42 Å². The molecule has 1 unspecified atom stereocenters. The topological polar surface area (TPSA) is 47.0 Å². The largest absolute Gasteiger partial charge is 0.494 e. The van der Waals surface area contributed by atoms with E-state index in [-0.39, 0.29) is 5.75 Å². The van der Waals surface area contributed by atoms with Gasteiger partial charge in [0.15, 0.2) is 17.4 Å². The van der Waals surface area contributed by atoms with Gasteiger partial charge in [-0.3, -0.25) is 0 Å². The first-order chi connectivity index (χ1) is 10.2. The normalized spacial score (nSPS) is 17.4. The molecule has 0 amide bonds. The molecule has 1 aromatic carbocycles. The Balaban J connectivity index is 1.98. The average molecular weight is 287 g/mol. The van der Waals surface area contributed by atoms with Crippen LogP contribution in [-0.4, -0.2) is 24.1 Å². The van der Waals surface area contributed by atoms with Gasteiger partial charge in [0.25, 0.3) is 0 Å². The average Bonchev–Trinajstić information content (AvgIpc) is 2.53. The van der Waals surface area contributed by atoms with Gasteiger partial charge < -0.3 is 10.1 Å². The lowest BCUT2D eigenvalue weighted by molar-refractivity contribution is 0.386. The molecule has 0 saturated heterocycles. The van der Waals surface area contributed by atoms with E-state index in [0.29, 0.717) is 17.4 Å². The molecule has 0 fully saturated rings. The molecule has 0 aliphatic heterocycles. The minimum absolute atomic E-state index is 0.229. The number of nitrogens with zero attached hydrogens (tertiary/aromatic N) is 2. The molecular weight excluding hydrogens is 269 g/mol. The van der Waals surface area contributed by atoms with Gasteiger partial charge in [0, 0.05) is 29.1 Å². The molecule has 1 N–H and O–H groups in total. The van der Waals surface area contributed by atoms with Gasteiger partial charge in [-0.25, -0.2) is 14.4 Å². The lowest BCUT2D eigenvalue weighted by atomic mass is 9.92. The monoisotopic (exact) mass is 287 g/mol. The predicted octanol–water partition coefficient (Wildman–Crippen LogP) is 2.89. The SMILES string of the molecule is CNC1CCCc2nc(-c3ccc(OC)c(F)c3)ncc21. The quantitative estimate of drug-likeness (QED) is 0.943. The zero-order chi connectivity index (χ0) is 14.8. The maximum absolute atomic E-state index is 13.8. The van der Waals surface area contributed by atoms with Crippen LogP contribution in [0.15, 0.2) is 24.4 Å². The van der Waals surface area contributed by atoms with E-state index in [2.05, 4.69) is 15.3 Å². The molecule has 0 spiro atoms. The first-order valence-electron chi connectivity index (χ1n) is 7.10. The summed E-state index contributed by atoms with van der Waals surface area (Å²) < 4.78 is 18.7. The Morgan fingerprint density at radius 2 is 2.24 bits per heavy atom. The molecule has 1 aliphatic rings. The molecule has 0 bridgehead atoms. The summed E-state index contributed by atoms with van der Waals surface area (Å²) in [4.78, 5) is 9.02. The summed E-state index contributed by atoms with van der Waals surface area (Å²) in [7, 11) is 3.40. The van der Waals surface area contributed by atoms with E-state index in [1.54, 1.807) is 12.1 Å². The Labute approximate surface area is 123 Å². The summed E-state index contributed by atoms with van der Waals surface area (Å²) in [5, 5.41) is 3.29. The zero-order valence-electron chi connectivity index (χ0n) is 12.2. The lowest BCUT2D eigenvalue weighted by Gasteiger charge is -2.24. The molecule has 2 aromatic rings. The van der Waals surface area contributed by atoms with Crippen molar-refractivity contribution >= 4 is 0 Å². The van der Waals surface area contributed by atoms with Crippen LogP contribution in [0.3, 0.4) is 0 Å². The first-order valence-corrected chi connectivity index (χ1v) is 7.10. The molecule has 110 valence electrons. The van der Waals surface area contributed by atoms with Crippen LogP contribution in [0, 0.1) is 5.82 Å².